The van der Waals surface area contributed by atoms with Gasteiger partial charge in [-0.1, -0.05) is 113 Å². The van der Waals surface area contributed by atoms with Crippen molar-refractivity contribution < 1.29 is 4.42 Å². The van der Waals surface area contributed by atoms with Crippen LogP contribution in [0.2, 0.25) is 0 Å². The normalized spacial score (nSPS) is 13.9. The number of hydrogen-bond donors (Lipinski definition) is 0. The number of para-hydroxylation sites is 1. The lowest BCUT2D eigenvalue weighted by atomic mass is 9.70. The van der Waals surface area contributed by atoms with Crippen molar-refractivity contribution in [1.82, 2.24) is 4.57 Å². The molecule has 2 aromatic heterocycles. The van der Waals surface area contributed by atoms with E-state index in [2.05, 4.69) is 154 Å². The van der Waals surface area contributed by atoms with Crippen LogP contribution in [0, 0.1) is 0 Å². The summed E-state index contributed by atoms with van der Waals surface area (Å²) in [6.07, 6.45) is 0. The zero-order chi connectivity index (χ0) is 30.1. The molecule has 7 aromatic carbocycles. The molecule has 0 saturated heterocycles. The average molecular weight is 651 g/mol. The average Bonchev–Trinajstić information content (AvgIpc) is 3.81. The molecule has 0 radical (unpaired) electrons. The number of hydrogen-bond acceptors (Lipinski definition) is 1. The minimum Gasteiger partial charge on any atom is -0.456 e. The maximum atomic E-state index is 6.25. The summed E-state index contributed by atoms with van der Waals surface area (Å²) in [5.41, 5.74) is 15.7. The van der Waals surface area contributed by atoms with Gasteiger partial charge in [0.1, 0.15) is 11.2 Å². The molecule has 0 bridgehead atoms. The van der Waals surface area contributed by atoms with Crippen molar-refractivity contribution in [3.63, 3.8) is 0 Å². The molecule has 214 valence electrons. The van der Waals surface area contributed by atoms with E-state index < -0.39 is 0 Å². The van der Waals surface area contributed by atoms with Gasteiger partial charge in [-0.15, -0.1) is 0 Å². The van der Waals surface area contributed by atoms with E-state index in [9.17, 15) is 0 Å². The largest absolute Gasteiger partial charge is 0.456 e. The SMILES string of the molecule is Brc1cccc2oc3ccc(-n4c5ccccc5c5cc6c(cc54)-c4ccccc4C64c5ccccc5-c5ccccc54)cc3c12. The monoisotopic (exact) mass is 649 g/mol. The van der Waals surface area contributed by atoms with Gasteiger partial charge in [0, 0.05) is 31.7 Å². The zero-order valence-electron chi connectivity index (χ0n) is 24.6. The zero-order valence-corrected chi connectivity index (χ0v) is 26.2. The molecule has 9 aromatic rings. The van der Waals surface area contributed by atoms with Gasteiger partial charge in [0.2, 0.25) is 0 Å². The highest BCUT2D eigenvalue weighted by atomic mass is 79.9. The summed E-state index contributed by atoms with van der Waals surface area (Å²) < 4.78 is 9.73. The number of aromatic nitrogens is 1. The van der Waals surface area contributed by atoms with Crippen molar-refractivity contribution in [2.75, 3.05) is 0 Å². The predicted octanol–water partition coefficient (Wildman–Crippen LogP) is 11.8. The maximum absolute atomic E-state index is 6.25. The van der Waals surface area contributed by atoms with Gasteiger partial charge in [0.05, 0.1) is 16.4 Å². The summed E-state index contributed by atoms with van der Waals surface area (Å²) >= 11 is 3.78. The van der Waals surface area contributed by atoms with Gasteiger partial charge in [-0.3, -0.25) is 0 Å². The molecule has 0 atom stereocenters. The highest BCUT2D eigenvalue weighted by Crippen LogP contribution is 2.63. The molecule has 2 aliphatic rings. The lowest BCUT2D eigenvalue weighted by Gasteiger charge is -2.30. The van der Waals surface area contributed by atoms with Crippen LogP contribution < -0.4 is 0 Å². The van der Waals surface area contributed by atoms with Crippen LogP contribution in [-0.4, -0.2) is 4.57 Å². The number of fused-ring (bicyclic) bond motifs is 16. The van der Waals surface area contributed by atoms with E-state index >= 15 is 0 Å². The Labute approximate surface area is 273 Å². The van der Waals surface area contributed by atoms with Gasteiger partial charge in [0.25, 0.3) is 0 Å². The third-order valence-corrected chi connectivity index (χ3v) is 11.1. The smallest absolute Gasteiger partial charge is 0.136 e. The van der Waals surface area contributed by atoms with Gasteiger partial charge in [-0.05, 0) is 93.0 Å². The molecule has 2 heterocycles. The third-order valence-electron chi connectivity index (χ3n) is 10.5. The fraction of sp³-hybridized carbons (Fsp3) is 0.0233. The lowest BCUT2D eigenvalue weighted by molar-refractivity contribution is 0.669. The summed E-state index contributed by atoms with van der Waals surface area (Å²) in [6, 6.07) is 53.6. The van der Waals surface area contributed by atoms with Crippen LogP contribution in [0.15, 0.2) is 154 Å². The standard InChI is InChI=1S/C43H24BrNO/c44-37-17-9-19-41-42(37)32-22-25(20-21-40(32)46-41)45-38-18-8-4-13-29(38)31-23-36-30(24-39(31)45)28-12-3-7-16-35(28)43(36)33-14-5-1-10-26(33)27-11-2-6-15-34(27)43/h1-24H. The molecule has 46 heavy (non-hydrogen) atoms. The minimum atomic E-state index is -0.364. The Balaban J connectivity index is 1.28. The van der Waals surface area contributed by atoms with Crippen molar-refractivity contribution in [2.45, 2.75) is 5.41 Å². The molecule has 0 saturated carbocycles. The fourth-order valence-corrected chi connectivity index (χ4v) is 9.30. The molecule has 1 spiro atoms. The van der Waals surface area contributed by atoms with Crippen LogP contribution >= 0.6 is 15.9 Å². The second kappa shape index (κ2) is 8.66. The van der Waals surface area contributed by atoms with Crippen LogP contribution in [0.4, 0.5) is 0 Å². The van der Waals surface area contributed by atoms with Crippen LogP contribution in [0.3, 0.4) is 0 Å². The van der Waals surface area contributed by atoms with Crippen molar-refractivity contribution >= 4 is 59.7 Å². The second-order valence-electron chi connectivity index (χ2n) is 12.5. The molecule has 0 fully saturated rings. The van der Waals surface area contributed by atoms with Gasteiger partial charge in [0.15, 0.2) is 0 Å². The molecule has 11 rings (SSSR count). The van der Waals surface area contributed by atoms with Gasteiger partial charge in [-0.25, -0.2) is 0 Å². The number of rotatable bonds is 1. The van der Waals surface area contributed by atoms with E-state index in [4.69, 9.17) is 4.42 Å². The lowest BCUT2D eigenvalue weighted by Crippen LogP contribution is -2.25. The highest BCUT2D eigenvalue weighted by Gasteiger charge is 2.51. The molecule has 2 aliphatic carbocycles. The minimum absolute atomic E-state index is 0.364. The molecule has 0 N–H and O–H groups in total. The van der Waals surface area contributed by atoms with Crippen molar-refractivity contribution in [1.29, 1.82) is 0 Å². The summed E-state index contributed by atoms with van der Waals surface area (Å²) in [5, 5.41) is 4.73. The number of nitrogens with zero attached hydrogens (tertiary/aromatic N) is 1. The second-order valence-corrected chi connectivity index (χ2v) is 13.4. The van der Waals surface area contributed by atoms with Crippen molar-refractivity contribution in [3.8, 4) is 27.9 Å². The number of halogens is 1. The van der Waals surface area contributed by atoms with E-state index in [1.165, 1.54) is 66.3 Å². The Morgan fingerprint density at radius 3 is 1.85 bits per heavy atom. The first kappa shape index (κ1) is 24.9. The number of benzene rings is 7. The first-order valence-electron chi connectivity index (χ1n) is 15.7. The van der Waals surface area contributed by atoms with Crippen LogP contribution in [-0.2, 0) is 5.41 Å². The Morgan fingerprint density at radius 2 is 1.11 bits per heavy atom. The van der Waals surface area contributed by atoms with Crippen LogP contribution in [0.5, 0.6) is 0 Å². The molecule has 0 aliphatic heterocycles. The molecular weight excluding hydrogens is 626 g/mol. The first-order chi connectivity index (χ1) is 22.7. The summed E-state index contributed by atoms with van der Waals surface area (Å²) in [4.78, 5) is 0. The number of furan rings is 1. The Bertz CT molecular complexity index is 2730. The summed E-state index contributed by atoms with van der Waals surface area (Å²) in [7, 11) is 0. The maximum Gasteiger partial charge on any atom is 0.136 e. The van der Waals surface area contributed by atoms with E-state index in [0.717, 1.165) is 32.1 Å². The topological polar surface area (TPSA) is 18.1 Å². The van der Waals surface area contributed by atoms with Crippen LogP contribution in [0.1, 0.15) is 22.3 Å². The molecular formula is C43H24BrNO. The Hall–Kier alpha value is -5.38. The highest BCUT2D eigenvalue weighted by molar-refractivity contribution is 9.10. The first-order valence-corrected chi connectivity index (χ1v) is 16.5. The van der Waals surface area contributed by atoms with Crippen molar-refractivity contribution in [3.05, 3.63) is 172 Å². The van der Waals surface area contributed by atoms with E-state index in [-0.39, 0.29) is 5.41 Å². The van der Waals surface area contributed by atoms with E-state index in [0.29, 0.717) is 0 Å². The molecule has 2 nitrogen and oxygen atoms in total. The van der Waals surface area contributed by atoms with Crippen LogP contribution in [0.25, 0.3) is 71.7 Å². The summed E-state index contributed by atoms with van der Waals surface area (Å²) in [5.74, 6) is 0. The third kappa shape index (κ3) is 2.89. The van der Waals surface area contributed by atoms with Gasteiger partial charge in [-0.2, -0.15) is 0 Å². The van der Waals surface area contributed by atoms with Gasteiger partial charge < -0.3 is 8.98 Å². The predicted molar refractivity (Wildman–Crippen MR) is 192 cm³/mol. The van der Waals surface area contributed by atoms with Crippen molar-refractivity contribution in [2.24, 2.45) is 0 Å². The van der Waals surface area contributed by atoms with E-state index in [1.54, 1.807) is 0 Å². The van der Waals surface area contributed by atoms with E-state index in [1.807, 2.05) is 12.1 Å². The van der Waals surface area contributed by atoms with Gasteiger partial charge >= 0.3 is 0 Å². The quantitative estimate of drug-likeness (QED) is 0.173. The molecule has 0 unspecified atom stereocenters. The molecule has 0 amide bonds. The molecule has 3 heteroatoms. The Morgan fingerprint density at radius 1 is 0.457 bits per heavy atom. The summed E-state index contributed by atoms with van der Waals surface area (Å²) in [6.45, 7) is 0. The Kier molecular flexibility index (Phi) is 4.68. The fourth-order valence-electron chi connectivity index (χ4n) is 8.74.